The summed E-state index contributed by atoms with van der Waals surface area (Å²) in [5, 5.41) is 11.2. The lowest BCUT2D eigenvalue weighted by Crippen LogP contribution is -2.38. The molecule has 0 spiro atoms. The van der Waals surface area contributed by atoms with Crippen LogP contribution in [0.2, 0.25) is 0 Å². The smallest absolute Gasteiger partial charge is 0.304 e. The second kappa shape index (κ2) is 8.27. The summed E-state index contributed by atoms with van der Waals surface area (Å²) in [6.07, 6.45) is -0.00552. The first kappa shape index (κ1) is 16.1. The maximum absolute atomic E-state index is 13.4. The molecule has 1 aromatic carbocycles. The monoisotopic (exact) mass is 282 g/mol. The Labute approximate surface area is 117 Å². The molecule has 0 saturated carbocycles. The van der Waals surface area contributed by atoms with Crippen LogP contribution in [0.5, 0.6) is 0 Å². The van der Waals surface area contributed by atoms with E-state index < -0.39 is 5.97 Å². The van der Waals surface area contributed by atoms with Gasteiger partial charge in [-0.1, -0.05) is 25.1 Å². The van der Waals surface area contributed by atoms with E-state index in [-0.39, 0.29) is 31.2 Å². The number of aliphatic carboxylic acids is 1. The lowest BCUT2D eigenvalue weighted by atomic mass is 10.2. The molecule has 0 aliphatic carbocycles. The number of hydrogen-bond donors (Lipinski definition) is 2. The molecule has 0 saturated heterocycles. The van der Waals surface area contributed by atoms with Gasteiger partial charge in [0.2, 0.25) is 5.91 Å². The Hall–Kier alpha value is -1.95. The topological polar surface area (TPSA) is 69.6 Å². The van der Waals surface area contributed by atoms with Crippen LogP contribution in [0.4, 0.5) is 4.39 Å². The second-order valence-electron chi connectivity index (χ2n) is 4.38. The molecule has 0 aliphatic rings. The van der Waals surface area contributed by atoms with Crippen LogP contribution < -0.4 is 5.32 Å². The van der Waals surface area contributed by atoms with Crippen LogP contribution in [0.25, 0.3) is 0 Å². The van der Waals surface area contributed by atoms with Gasteiger partial charge in [0, 0.05) is 18.7 Å². The fourth-order valence-corrected chi connectivity index (χ4v) is 1.70. The van der Waals surface area contributed by atoms with E-state index in [1.54, 1.807) is 23.1 Å². The van der Waals surface area contributed by atoms with Gasteiger partial charge in [0.25, 0.3) is 0 Å². The van der Waals surface area contributed by atoms with E-state index in [1.165, 1.54) is 6.07 Å². The van der Waals surface area contributed by atoms with E-state index in [4.69, 9.17) is 5.11 Å². The summed E-state index contributed by atoms with van der Waals surface area (Å²) >= 11 is 0. The zero-order valence-electron chi connectivity index (χ0n) is 11.4. The Morgan fingerprint density at radius 3 is 2.65 bits per heavy atom. The number of carboxylic acid groups (broad SMARTS) is 1. The summed E-state index contributed by atoms with van der Waals surface area (Å²) in [5.41, 5.74) is 0.425. The molecule has 0 aliphatic heterocycles. The van der Waals surface area contributed by atoms with Crippen molar-refractivity contribution in [3.63, 3.8) is 0 Å². The number of carbonyl (C=O) groups excluding carboxylic acids is 1. The Kier molecular flexibility index (Phi) is 6.66. The van der Waals surface area contributed by atoms with Crippen molar-refractivity contribution in [3.8, 4) is 0 Å². The van der Waals surface area contributed by atoms with Crippen LogP contribution in [0.15, 0.2) is 24.3 Å². The van der Waals surface area contributed by atoms with Crippen LogP contribution >= 0.6 is 0 Å². The van der Waals surface area contributed by atoms with Crippen LogP contribution in [0.1, 0.15) is 18.9 Å². The molecule has 1 amide bonds. The Morgan fingerprint density at radius 2 is 2.05 bits per heavy atom. The highest BCUT2D eigenvalue weighted by Gasteiger charge is 2.11. The summed E-state index contributed by atoms with van der Waals surface area (Å²) in [4.78, 5) is 23.9. The molecule has 0 heterocycles. The number of rotatable bonds is 8. The molecular formula is C14H19FN2O3. The Bertz CT molecular complexity index is 465. The van der Waals surface area contributed by atoms with Crippen LogP contribution in [0.3, 0.4) is 0 Å². The number of carboxylic acids is 1. The van der Waals surface area contributed by atoms with Gasteiger partial charge in [-0.3, -0.25) is 14.5 Å². The fraction of sp³-hybridized carbons (Fsp3) is 0.429. The summed E-state index contributed by atoms with van der Waals surface area (Å²) in [5.74, 6) is -1.50. The van der Waals surface area contributed by atoms with Gasteiger partial charge >= 0.3 is 5.97 Å². The first-order chi connectivity index (χ1) is 9.52. The third kappa shape index (κ3) is 5.79. The van der Waals surface area contributed by atoms with Crippen molar-refractivity contribution < 1.29 is 19.1 Å². The minimum atomic E-state index is -0.893. The Morgan fingerprint density at radius 1 is 1.35 bits per heavy atom. The van der Waals surface area contributed by atoms with Crippen molar-refractivity contribution in [1.29, 1.82) is 0 Å². The van der Waals surface area contributed by atoms with E-state index >= 15 is 0 Å². The van der Waals surface area contributed by atoms with E-state index in [1.807, 2.05) is 6.92 Å². The Balaban J connectivity index is 2.38. The largest absolute Gasteiger partial charge is 0.481 e. The molecule has 5 nitrogen and oxygen atoms in total. The molecule has 0 radical (unpaired) electrons. The maximum Gasteiger partial charge on any atom is 0.304 e. The molecule has 0 unspecified atom stereocenters. The number of amides is 1. The number of hydrogen-bond acceptors (Lipinski definition) is 3. The van der Waals surface area contributed by atoms with Gasteiger partial charge in [0.15, 0.2) is 0 Å². The standard InChI is InChI=1S/C14H19FN2O3/c1-2-17(8-7-14(19)20)10-13(18)16-9-11-5-3-4-6-12(11)15/h3-6H,2,7-10H2,1H3,(H,16,18)(H,19,20). The average Bonchev–Trinajstić information content (AvgIpc) is 2.42. The SMILES string of the molecule is CCN(CCC(=O)O)CC(=O)NCc1ccccc1F. The van der Waals surface area contributed by atoms with E-state index in [9.17, 15) is 14.0 Å². The summed E-state index contributed by atoms with van der Waals surface area (Å²) in [6, 6.07) is 6.24. The summed E-state index contributed by atoms with van der Waals surface area (Å²) in [7, 11) is 0. The second-order valence-corrected chi connectivity index (χ2v) is 4.38. The molecular weight excluding hydrogens is 263 g/mol. The lowest BCUT2D eigenvalue weighted by Gasteiger charge is -2.18. The predicted octanol–water partition coefficient (Wildman–Crippen LogP) is 1.24. The molecule has 0 atom stereocenters. The average molecular weight is 282 g/mol. The molecule has 0 fully saturated rings. The first-order valence-corrected chi connectivity index (χ1v) is 6.47. The number of carbonyl (C=O) groups is 2. The normalized spacial score (nSPS) is 10.6. The lowest BCUT2D eigenvalue weighted by molar-refractivity contribution is -0.137. The summed E-state index contributed by atoms with van der Waals surface area (Å²) in [6.45, 7) is 2.99. The zero-order chi connectivity index (χ0) is 15.0. The third-order valence-corrected chi connectivity index (χ3v) is 2.89. The number of halogens is 1. The molecule has 1 rings (SSSR count). The minimum Gasteiger partial charge on any atom is -0.481 e. The van der Waals surface area contributed by atoms with Crippen molar-refractivity contribution >= 4 is 11.9 Å². The van der Waals surface area contributed by atoms with Gasteiger partial charge in [0.05, 0.1) is 13.0 Å². The predicted molar refractivity (Wildman–Crippen MR) is 72.6 cm³/mol. The van der Waals surface area contributed by atoms with Crippen molar-refractivity contribution in [2.24, 2.45) is 0 Å². The van der Waals surface area contributed by atoms with E-state index in [0.29, 0.717) is 18.7 Å². The van der Waals surface area contributed by atoms with Gasteiger partial charge in [-0.25, -0.2) is 4.39 Å². The minimum absolute atomic E-state index is 0.00552. The number of nitrogens with one attached hydrogen (secondary N) is 1. The summed E-state index contributed by atoms with van der Waals surface area (Å²) < 4.78 is 13.4. The number of benzene rings is 1. The van der Waals surface area contributed by atoms with E-state index in [0.717, 1.165) is 0 Å². The molecule has 110 valence electrons. The van der Waals surface area contributed by atoms with Crippen LogP contribution in [0, 0.1) is 5.82 Å². The molecule has 20 heavy (non-hydrogen) atoms. The number of nitrogens with zero attached hydrogens (tertiary/aromatic N) is 1. The van der Waals surface area contributed by atoms with Gasteiger partial charge in [0.1, 0.15) is 5.82 Å². The molecule has 0 aromatic heterocycles. The van der Waals surface area contributed by atoms with Crippen molar-refractivity contribution in [1.82, 2.24) is 10.2 Å². The number of likely N-dealkylation sites (N-methyl/N-ethyl adjacent to an activating group) is 1. The van der Waals surface area contributed by atoms with Crippen LogP contribution in [-0.2, 0) is 16.1 Å². The maximum atomic E-state index is 13.4. The van der Waals surface area contributed by atoms with Crippen LogP contribution in [-0.4, -0.2) is 41.5 Å². The quantitative estimate of drug-likeness (QED) is 0.752. The highest BCUT2D eigenvalue weighted by molar-refractivity contribution is 5.78. The fourth-order valence-electron chi connectivity index (χ4n) is 1.70. The molecule has 2 N–H and O–H groups in total. The van der Waals surface area contributed by atoms with Crippen molar-refractivity contribution in [3.05, 3.63) is 35.6 Å². The highest BCUT2D eigenvalue weighted by Crippen LogP contribution is 2.05. The van der Waals surface area contributed by atoms with Gasteiger partial charge < -0.3 is 10.4 Å². The van der Waals surface area contributed by atoms with Gasteiger partial charge in [-0.2, -0.15) is 0 Å². The van der Waals surface area contributed by atoms with Gasteiger partial charge in [-0.15, -0.1) is 0 Å². The zero-order valence-corrected chi connectivity index (χ0v) is 11.4. The third-order valence-electron chi connectivity index (χ3n) is 2.89. The van der Waals surface area contributed by atoms with E-state index in [2.05, 4.69) is 5.32 Å². The molecule has 6 heteroatoms. The first-order valence-electron chi connectivity index (χ1n) is 6.47. The van der Waals surface area contributed by atoms with Gasteiger partial charge in [-0.05, 0) is 12.6 Å². The molecule has 1 aromatic rings. The molecule has 0 bridgehead atoms. The van der Waals surface area contributed by atoms with Crippen molar-refractivity contribution in [2.45, 2.75) is 19.9 Å². The highest BCUT2D eigenvalue weighted by atomic mass is 19.1. The van der Waals surface area contributed by atoms with Crippen molar-refractivity contribution in [2.75, 3.05) is 19.6 Å².